The van der Waals surface area contributed by atoms with Crippen LogP contribution in [-0.2, 0) is 10.9 Å². The van der Waals surface area contributed by atoms with Crippen LogP contribution in [0.3, 0.4) is 0 Å². The van der Waals surface area contributed by atoms with Gasteiger partial charge in [-0.3, -0.25) is 9.25 Å². The van der Waals surface area contributed by atoms with Crippen molar-refractivity contribution in [1.82, 2.24) is 24.5 Å². The number of nitrogens with zero attached hydrogens (tertiary/aromatic N) is 5. The number of alkyl halides is 3. The quantitative estimate of drug-likeness (QED) is 0.223. The van der Waals surface area contributed by atoms with Gasteiger partial charge in [0.1, 0.15) is 52.9 Å². The second-order valence-corrected chi connectivity index (χ2v) is 10.1. The van der Waals surface area contributed by atoms with E-state index in [1.165, 1.54) is 19.3 Å². The molecule has 3 N–H and O–H groups in total. The van der Waals surface area contributed by atoms with Crippen molar-refractivity contribution in [3.8, 4) is 16.8 Å². The Kier molecular flexibility index (Phi) is 7.82. The third-order valence-corrected chi connectivity index (χ3v) is 7.32. The number of aromatic nitrogens is 5. The van der Waals surface area contributed by atoms with Crippen LogP contribution in [0.2, 0.25) is 10.0 Å². The number of aliphatic hydroxyl groups excluding tert-OH is 3. The van der Waals surface area contributed by atoms with Gasteiger partial charge in [0.15, 0.2) is 5.82 Å². The summed E-state index contributed by atoms with van der Waals surface area (Å²) in [6, 6.07) is 3.50. The molecule has 1 fully saturated rings. The van der Waals surface area contributed by atoms with Gasteiger partial charge in [-0.2, -0.15) is 18.3 Å². The lowest BCUT2D eigenvalue weighted by Gasteiger charge is -2.42. The van der Waals surface area contributed by atoms with Gasteiger partial charge in [0.2, 0.25) is 0 Å². The lowest BCUT2D eigenvalue weighted by molar-refractivity contribution is -0.210. The first-order valence-corrected chi connectivity index (χ1v) is 12.7. The van der Waals surface area contributed by atoms with Crippen LogP contribution >= 0.6 is 23.2 Å². The molecule has 1 aliphatic heterocycles. The Morgan fingerprint density at radius 2 is 1.68 bits per heavy atom. The van der Waals surface area contributed by atoms with E-state index in [0.717, 1.165) is 39.6 Å². The second-order valence-electron chi connectivity index (χ2n) is 9.31. The van der Waals surface area contributed by atoms with Crippen molar-refractivity contribution in [2.45, 2.75) is 43.6 Å². The molecular weight excluding hydrogens is 600 g/mol. The molecule has 16 heteroatoms. The van der Waals surface area contributed by atoms with E-state index in [2.05, 4.69) is 15.3 Å². The third kappa shape index (κ3) is 5.31. The van der Waals surface area contributed by atoms with Crippen LogP contribution in [0.1, 0.15) is 29.4 Å². The summed E-state index contributed by atoms with van der Waals surface area (Å²) in [6.45, 7) is 0.632. The van der Waals surface area contributed by atoms with E-state index >= 15 is 0 Å². The second kappa shape index (κ2) is 10.9. The summed E-state index contributed by atoms with van der Waals surface area (Å²) in [5.41, 5.74) is -1.26. The summed E-state index contributed by atoms with van der Waals surface area (Å²) in [5.74, 6) is -2.31. The largest absolute Gasteiger partial charge is 0.418 e. The fraction of sp³-hybridized carbons (Fsp3) is 0.320. The minimum atomic E-state index is -4.79. The Hall–Kier alpha value is -3.14. The van der Waals surface area contributed by atoms with E-state index in [1.807, 2.05) is 0 Å². The van der Waals surface area contributed by atoms with Crippen LogP contribution in [-0.4, -0.2) is 64.8 Å². The molecule has 0 bridgehead atoms. The fourth-order valence-corrected chi connectivity index (χ4v) is 5.07. The first-order chi connectivity index (χ1) is 19.3. The van der Waals surface area contributed by atoms with Crippen molar-refractivity contribution in [2.75, 3.05) is 6.61 Å². The highest BCUT2D eigenvalue weighted by atomic mass is 35.5. The van der Waals surface area contributed by atoms with Crippen molar-refractivity contribution in [2.24, 2.45) is 0 Å². The van der Waals surface area contributed by atoms with E-state index in [0.29, 0.717) is 0 Å². The van der Waals surface area contributed by atoms with E-state index < -0.39 is 71.1 Å². The van der Waals surface area contributed by atoms with Gasteiger partial charge in [-0.15, -0.1) is 10.2 Å². The number of aryl methyl sites for hydroxylation is 1. The average molecular weight is 620 g/mol. The highest BCUT2D eigenvalue weighted by Gasteiger charge is 2.48. The molecule has 0 radical (unpaired) electrons. The molecule has 0 saturated carbocycles. The summed E-state index contributed by atoms with van der Waals surface area (Å²) in [4.78, 5) is 0. The molecule has 1 saturated heterocycles. The van der Waals surface area contributed by atoms with Gasteiger partial charge >= 0.3 is 6.18 Å². The van der Waals surface area contributed by atoms with E-state index in [-0.39, 0.29) is 27.8 Å². The Morgan fingerprint density at radius 3 is 2.32 bits per heavy atom. The summed E-state index contributed by atoms with van der Waals surface area (Å²) in [7, 11) is 0. The van der Waals surface area contributed by atoms with E-state index in [1.54, 1.807) is 0 Å². The van der Waals surface area contributed by atoms with E-state index in [4.69, 9.17) is 27.9 Å². The lowest BCUT2D eigenvalue weighted by Crippen LogP contribution is -2.53. The molecule has 41 heavy (non-hydrogen) atoms. The molecule has 5 atom stereocenters. The maximum absolute atomic E-state index is 14.0. The third-order valence-electron chi connectivity index (χ3n) is 6.73. The predicted molar refractivity (Wildman–Crippen MR) is 134 cm³/mol. The first-order valence-electron chi connectivity index (χ1n) is 11.9. The predicted octanol–water partition coefficient (Wildman–Crippen LogP) is 4.44. The van der Waals surface area contributed by atoms with Crippen LogP contribution < -0.4 is 0 Å². The van der Waals surface area contributed by atoms with Crippen molar-refractivity contribution >= 4 is 23.2 Å². The molecular formula is C25H20Cl2F5N5O4. The smallest absolute Gasteiger partial charge is 0.394 e. The molecule has 0 aliphatic carbocycles. The van der Waals surface area contributed by atoms with Gasteiger partial charge in [0.05, 0.1) is 24.1 Å². The number of halogens is 7. The highest BCUT2D eigenvalue weighted by molar-refractivity contribution is 6.31. The topological polar surface area (TPSA) is 118 Å². The number of aliphatic hydroxyl groups is 3. The molecule has 2 aromatic carbocycles. The van der Waals surface area contributed by atoms with Gasteiger partial charge in [-0.05, 0) is 42.8 Å². The molecule has 4 aromatic rings. The highest BCUT2D eigenvalue weighted by Crippen LogP contribution is 2.41. The molecule has 0 spiro atoms. The van der Waals surface area contributed by atoms with Gasteiger partial charge in [0.25, 0.3) is 0 Å². The minimum Gasteiger partial charge on any atom is -0.394 e. The van der Waals surface area contributed by atoms with Crippen molar-refractivity contribution in [1.29, 1.82) is 0 Å². The van der Waals surface area contributed by atoms with Gasteiger partial charge in [-0.25, -0.2) is 8.78 Å². The number of ether oxygens (including phenoxy) is 1. The van der Waals surface area contributed by atoms with Crippen molar-refractivity contribution in [3.05, 3.63) is 81.6 Å². The number of benzene rings is 2. The summed E-state index contributed by atoms with van der Waals surface area (Å²) < 4.78 is 77.6. The van der Waals surface area contributed by atoms with Gasteiger partial charge in [-0.1, -0.05) is 23.2 Å². The zero-order chi connectivity index (χ0) is 29.8. The van der Waals surface area contributed by atoms with Crippen LogP contribution in [0.4, 0.5) is 22.0 Å². The van der Waals surface area contributed by atoms with Crippen LogP contribution in [0.5, 0.6) is 0 Å². The van der Waals surface area contributed by atoms with Crippen molar-refractivity contribution < 1.29 is 42.0 Å². The SMILES string of the molecule is Cc1nnc([C@@H]2OC(CO)[C@H](O)[C@H](n3cc(-c4cc(F)c(Cl)c(F)c4)cn3)C2O)n1-c1cc(Cl)ccc1C(F)(F)F. The monoisotopic (exact) mass is 619 g/mol. The standard InChI is InChI=1S/C25H20Cl2F5N5O4/c1-10-34-35-24(37(10)17-6-13(26)2-3-14(17)25(30,31)32)23-22(40)20(21(39)18(9-38)41-23)36-8-12(7-33-36)11-4-15(28)19(27)16(29)5-11/h2-8,18,20-23,38-40H,9H2,1H3/t18?,20-,21-,22?,23+/m0/s1. The zero-order valence-electron chi connectivity index (χ0n) is 20.8. The first kappa shape index (κ1) is 29.4. The van der Waals surface area contributed by atoms with E-state index in [9.17, 15) is 37.3 Å². The Balaban J connectivity index is 1.58. The molecule has 1 aliphatic rings. The maximum atomic E-state index is 14.0. The summed E-state index contributed by atoms with van der Waals surface area (Å²) in [5, 5.41) is 43.5. The molecule has 5 rings (SSSR count). The number of hydrogen-bond acceptors (Lipinski definition) is 7. The Bertz CT molecular complexity index is 1570. The van der Waals surface area contributed by atoms with Crippen LogP contribution in [0, 0.1) is 18.6 Å². The molecule has 218 valence electrons. The molecule has 9 nitrogen and oxygen atoms in total. The summed E-state index contributed by atoms with van der Waals surface area (Å²) >= 11 is 11.6. The molecule has 0 amide bonds. The fourth-order valence-electron chi connectivity index (χ4n) is 4.79. The molecule has 2 unspecified atom stereocenters. The van der Waals surface area contributed by atoms with Crippen LogP contribution in [0.25, 0.3) is 16.8 Å². The lowest BCUT2D eigenvalue weighted by atomic mass is 9.92. The minimum absolute atomic E-state index is 0.0000425. The summed E-state index contributed by atoms with van der Waals surface area (Å²) in [6.07, 6.45) is -8.46. The van der Waals surface area contributed by atoms with Crippen molar-refractivity contribution in [3.63, 3.8) is 0 Å². The average Bonchev–Trinajstić information content (AvgIpc) is 3.53. The number of rotatable bonds is 5. The number of hydrogen-bond donors (Lipinski definition) is 3. The zero-order valence-corrected chi connectivity index (χ0v) is 22.3. The van der Waals surface area contributed by atoms with Gasteiger partial charge in [0, 0.05) is 16.8 Å². The maximum Gasteiger partial charge on any atom is 0.418 e. The van der Waals surface area contributed by atoms with Gasteiger partial charge < -0.3 is 20.1 Å². The molecule has 3 heterocycles. The van der Waals surface area contributed by atoms with Crippen LogP contribution in [0.15, 0.2) is 42.7 Å². The Labute approximate surface area is 238 Å². The molecule has 2 aromatic heterocycles. The Morgan fingerprint density at radius 1 is 1.00 bits per heavy atom. The normalized spacial score (nSPS) is 23.2.